The molecule has 126 valence electrons. The van der Waals surface area contributed by atoms with Crippen molar-refractivity contribution >= 4 is 34.3 Å². The number of hydrogen-bond donors (Lipinski definition) is 1. The molecule has 1 aliphatic carbocycles. The van der Waals surface area contributed by atoms with E-state index in [0.29, 0.717) is 24.1 Å². The molecule has 2 aliphatic rings. The Labute approximate surface area is 142 Å². The molecule has 0 spiro atoms. The molecule has 1 saturated carbocycles. The van der Waals surface area contributed by atoms with E-state index in [4.69, 9.17) is 0 Å². The molecule has 4 rings (SSSR count). The Hall–Kier alpha value is -2.49. The van der Waals surface area contributed by atoms with E-state index in [1.807, 2.05) is 0 Å². The van der Waals surface area contributed by atoms with Gasteiger partial charge in [0.15, 0.2) is 0 Å². The first-order valence-electron chi connectivity index (χ1n) is 7.78. The second-order valence-electron chi connectivity index (χ2n) is 6.00. The van der Waals surface area contributed by atoms with Crippen LogP contribution in [0.1, 0.15) is 24.6 Å². The number of nitrogens with one attached hydrogen (secondary N) is 1. The monoisotopic (exact) mass is 347 g/mol. The summed E-state index contributed by atoms with van der Waals surface area (Å²) < 4.78 is 5.91. The van der Waals surface area contributed by atoms with Crippen molar-refractivity contribution in [3.8, 4) is 0 Å². The standard InChI is InChI=1S/C14H17N7O2S/c1-19-7-10(6-15-19)21-5-4-20(8-11(21)22)14(23)17-13-16-12(18-24-13)9-2-3-9/h6-7,9H,2-5,8H2,1H3,(H,16,17,18,23). The summed E-state index contributed by atoms with van der Waals surface area (Å²) in [7, 11) is 1.80. The average molecular weight is 347 g/mol. The molecule has 0 bridgehead atoms. The maximum Gasteiger partial charge on any atom is 0.324 e. The average Bonchev–Trinajstić information content (AvgIpc) is 3.16. The molecule has 3 amide bonds. The number of anilines is 2. The molecule has 1 N–H and O–H groups in total. The van der Waals surface area contributed by atoms with Crippen molar-refractivity contribution in [3.05, 3.63) is 18.2 Å². The van der Waals surface area contributed by atoms with Crippen molar-refractivity contribution < 1.29 is 9.59 Å². The van der Waals surface area contributed by atoms with Crippen LogP contribution < -0.4 is 10.2 Å². The van der Waals surface area contributed by atoms with Gasteiger partial charge in [-0.2, -0.15) is 9.47 Å². The second kappa shape index (κ2) is 5.86. The van der Waals surface area contributed by atoms with Gasteiger partial charge in [0.2, 0.25) is 11.0 Å². The predicted molar refractivity (Wildman–Crippen MR) is 88.0 cm³/mol. The van der Waals surface area contributed by atoms with E-state index in [1.165, 1.54) is 16.4 Å². The van der Waals surface area contributed by atoms with Gasteiger partial charge in [-0.05, 0) is 12.8 Å². The summed E-state index contributed by atoms with van der Waals surface area (Å²) in [5, 5.41) is 7.30. The Bertz CT molecular complexity index is 782. The lowest BCUT2D eigenvalue weighted by Crippen LogP contribution is -2.53. The van der Waals surface area contributed by atoms with E-state index in [1.54, 1.807) is 29.0 Å². The first-order valence-corrected chi connectivity index (χ1v) is 8.56. The van der Waals surface area contributed by atoms with Crippen molar-refractivity contribution in [2.24, 2.45) is 7.05 Å². The molecule has 3 heterocycles. The highest BCUT2D eigenvalue weighted by molar-refractivity contribution is 7.09. The lowest BCUT2D eigenvalue weighted by molar-refractivity contribution is -0.120. The quantitative estimate of drug-likeness (QED) is 0.894. The van der Waals surface area contributed by atoms with Gasteiger partial charge in [0.25, 0.3) is 0 Å². The van der Waals surface area contributed by atoms with E-state index in [2.05, 4.69) is 19.8 Å². The molecule has 2 fully saturated rings. The van der Waals surface area contributed by atoms with Gasteiger partial charge >= 0.3 is 6.03 Å². The predicted octanol–water partition coefficient (Wildman–Crippen LogP) is 1.03. The molecular weight excluding hydrogens is 330 g/mol. The minimum Gasteiger partial charge on any atom is -0.313 e. The van der Waals surface area contributed by atoms with E-state index in [9.17, 15) is 9.59 Å². The second-order valence-corrected chi connectivity index (χ2v) is 6.75. The zero-order chi connectivity index (χ0) is 16.7. The molecule has 10 heteroatoms. The first-order chi connectivity index (χ1) is 11.6. The third-order valence-corrected chi connectivity index (χ3v) is 4.75. The Balaban J connectivity index is 1.36. The Morgan fingerprint density at radius 3 is 2.88 bits per heavy atom. The SMILES string of the molecule is Cn1cc(N2CCN(C(=O)Nc3nc(C4CC4)ns3)CC2=O)cn1. The van der Waals surface area contributed by atoms with Crippen LogP contribution in [0.2, 0.25) is 0 Å². The van der Waals surface area contributed by atoms with Crippen molar-refractivity contribution in [1.29, 1.82) is 0 Å². The number of urea groups is 1. The van der Waals surface area contributed by atoms with Gasteiger partial charge in [0, 0.05) is 43.8 Å². The molecule has 2 aromatic rings. The topological polar surface area (TPSA) is 96.2 Å². The molecule has 2 aromatic heterocycles. The number of aromatic nitrogens is 4. The minimum absolute atomic E-state index is 0.0367. The summed E-state index contributed by atoms with van der Waals surface area (Å²) >= 11 is 1.19. The van der Waals surface area contributed by atoms with Crippen LogP contribution in [-0.4, -0.2) is 55.6 Å². The number of hydrogen-bond acceptors (Lipinski definition) is 6. The number of aryl methyl sites for hydroxylation is 1. The highest BCUT2D eigenvalue weighted by atomic mass is 32.1. The summed E-state index contributed by atoms with van der Waals surface area (Å²) in [6.07, 6.45) is 5.67. The van der Waals surface area contributed by atoms with Crippen LogP contribution in [0.5, 0.6) is 0 Å². The lowest BCUT2D eigenvalue weighted by atomic mass is 10.3. The number of piperazine rings is 1. The van der Waals surface area contributed by atoms with Gasteiger partial charge in [0.05, 0.1) is 11.9 Å². The maximum absolute atomic E-state index is 12.3. The summed E-state index contributed by atoms with van der Waals surface area (Å²) in [4.78, 5) is 32.1. The number of carbonyl (C=O) groups excluding carboxylic acids is 2. The van der Waals surface area contributed by atoms with Crippen LogP contribution in [0.3, 0.4) is 0 Å². The van der Waals surface area contributed by atoms with Gasteiger partial charge in [0.1, 0.15) is 12.4 Å². The van der Waals surface area contributed by atoms with Crippen molar-refractivity contribution in [2.75, 3.05) is 29.9 Å². The zero-order valence-corrected chi connectivity index (χ0v) is 14.0. The van der Waals surface area contributed by atoms with Crippen LogP contribution in [0, 0.1) is 0 Å². The summed E-state index contributed by atoms with van der Waals surface area (Å²) in [6, 6.07) is -0.312. The fourth-order valence-corrected chi connectivity index (χ4v) is 3.27. The number of rotatable bonds is 3. The van der Waals surface area contributed by atoms with Gasteiger partial charge in [-0.3, -0.25) is 14.8 Å². The van der Waals surface area contributed by atoms with Crippen LogP contribution in [0.4, 0.5) is 15.6 Å². The van der Waals surface area contributed by atoms with Gasteiger partial charge in [-0.15, -0.1) is 0 Å². The summed E-state index contributed by atoms with van der Waals surface area (Å²) in [5.74, 6) is 1.14. The molecule has 1 saturated heterocycles. The molecule has 0 atom stereocenters. The van der Waals surface area contributed by atoms with Gasteiger partial charge in [-0.1, -0.05) is 0 Å². The number of carbonyl (C=O) groups is 2. The van der Waals surface area contributed by atoms with Crippen molar-refractivity contribution in [3.63, 3.8) is 0 Å². The lowest BCUT2D eigenvalue weighted by Gasteiger charge is -2.33. The Morgan fingerprint density at radius 1 is 1.38 bits per heavy atom. The Morgan fingerprint density at radius 2 is 2.21 bits per heavy atom. The first kappa shape index (κ1) is 15.1. The smallest absolute Gasteiger partial charge is 0.313 e. The minimum atomic E-state index is -0.312. The molecular formula is C14H17N7O2S. The third kappa shape index (κ3) is 2.96. The van der Waals surface area contributed by atoms with E-state index in [-0.39, 0.29) is 18.5 Å². The highest BCUT2D eigenvalue weighted by Crippen LogP contribution is 2.39. The molecule has 9 nitrogen and oxygen atoms in total. The number of amides is 3. The highest BCUT2D eigenvalue weighted by Gasteiger charge is 2.30. The summed E-state index contributed by atoms with van der Waals surface area (Å²) in [6.45, 7) is 0.942. The van der Waals surface area contributed by atoms with Crippen molar-refractivity contribution in [1.82, 2.24) is 24.0 Å². The number of nitrogens with zero attached hydrogens (tertiary/aromatic N) is 6. The molecule has 0 aromatic carbocycles. The van der Waals surface area contributed by atoms with Crippen LogP contribution in [0.15, 0.2) is 12.4 Å². The third-order valence-electron chi connectivity index (χ3n) is 4.11. The van der Waals surface area contributed by atoms with Crippen LogP contribution in [-0.2, 0) is 11.8 Å². The molecule has 0 radical (unpaired) electrons. The van der Waals surface area contributed by atoms with Crippen LogP contribution >= 0.6 is 11.5 Å². The summed E-state index contributed by atoms with van der Waals surface area (Å²) in [5.41, 5.74) is 0.751. The molecule has 1 aliphatic heterocycles. The van der Waals surface area contributed by atoms with E-state index >= 15 is 0 Å². The zero-order valence-electron chi connectivity index (χ0n) is 13.2. The maximum atomic E-state index is 12.3. The Kier molecular flexibility index (Phi) is 3.68. The van der Waals surface area contributed by atoms with Crippen LogP contribution in [0.25, 0.3) is 0 Å². The fraction of sp³-hybridized carbons (Fsp3) is 0.500. The van der Waals surface area contributed by atoms with E-state index in [0.717, 1.165) is 24.4 Å². The normalized spacial score (nSPS) is 18.1. The fourth-order valence-electron chi connectivity index (χ4n) is 2.63. The van der Waals surface area contributed by atoms with E-state index < -0.39 is 0 Å². The largest absolute Gasteiger partial charge is 0.324 e. The van der Waals surface area contributed by atoms with Gasteiger partial charge in [-0.25, -0.2) is 9.78 Å². The van der Waals surface area contributed by atoms with Crippen molar-refractivity contribution in [2.45, 2.75) is 18.8 Å². The molecule has 0 unspecified atom stereocenters. The van der Waals surface area contributed by atoms with Gasteiger partial charge < -0.3 is 9.80 Å². The molecule has 24 heavy (non-hydrogen) atoms.